The standard InChI is InChI=1S/C12H27N3O2S/c1-10(2)8-15(7-6-11(13)14)18(16,17)9-12(3,4)5/h10H,6-9H2,1-5H3,(H3,13,14). The predicted molar refractivity (Wildman–Crippen MR) is 76.2 cm³/mol. The Balaban J connectivity index is 4.87. The summed E-state index contributed by atoms with van der Waals surface area (Å²) in [7, 11) is -3.29. The van der Waals surface area contributed by atoms with Gasteiger partial charge in [0.15, 0.2) is 0 Å². The van der Waals surface area contributed by atoms with Crippen molar-refractivity contribution in [3.05, 3.63) is 0 Å². The Kier molecular flexibility index (Phi) is 6.29. The van der Waals surface area contributed by atoms with Crippen molar-refractivity contribution in [1.29, 1.82) is 5.41 Å². The van der Waals surface area contributed by atoms with Crippen LogP contribution in [0.25, 0.3) is 0 Å². The highest BCUT2D eigenvalue weighted by atomic mass is 32.2. The van der Waals surface area contributed by atoms with E-state index < -0.39 is 10.0 Å². The van der Waals surface area contributed by atoms with E-state index in [4.69, 9.17) is 11.1 Å². The van der Waals surface area contributed by atoms with Gasteiger partial charge in [0.1, 0.15) is 0 Å². The summed E-state index contributed by atoms with van der Waals surface area (Å²) >= 11 is 0. The van der Waals surface area contributed by atoms with Gasteiger partial charge < -0.3 is 5.73 Å². The zero-order valence-corrected chi connectivity index (χ0v) is 13.0. The number of nitrogens with zero attached hydrogens (tertiary/aromatic N) is 1. The highest BCUT2D eigenvalue weighted by molar-refractivity contribution is 7.89. The normalized spacial score (nSPS) is 13.3. The second kappa shape index (κ2) is 6.52. The molecule has 0 aromatic carbocycles. The van der Waals surface area contributed by atoms with Gasteiger partial charge in [-0.15, -0.1) is 0 Å². The first-order valence-electron chi connectivity index (χ1n) is 6.25. The van der Waals surface area contributed by atoms with Gasteiger partial charge in [-0.3, -0.25) is 5.41 Å². The van der Waals surface area contributed by atoms with E-state index in [1.165, 1.54) is 4.31 Å². The van der Waals surface area contributed by atoms with E-state index in [9.17, 15) is 8.42 Å². The average Bonchev–Trinajstić information content (AvgIpc) is 2.06. The average molecular weight is 277 g/mol. The molecule has 5 nitrogen and oxygen atoms in total. The molecule has 0 unspecified atom stereocenters. The minimum Gasteiger partial charge on any atom is -0.388 e. The zero-order valence-electron chi connectivity index (χ0n) is 12.2. The van der Waals surface area contributed by atoms with Gasteiger partial charge >= 0.3 is 0 Å². The summed E-state index contributed by atoms with van der Waals surface area (Å²) in [6.45, 7) is 10.5. The highest BCUT2D eigenvalue weighted by Gasteiger charge is 2.28. The maximum absolute atomic E-state index is 12.3. The Bertz CT molecular complexity index is 369. The fourth-order valence-electron chi connectivity index (χ4n) is 1.63. The third-order valence-corrected chi connectivity index (χ3v) is 4.56. The van der Waals surface area contributed by atoms with Crippen LogP contribution >= 0.6 is 0 Å². The summed E-state index contributed by atoms with van der Waals surface area (Å²) in [4.78, 5) is 0. The Morgan fingerprint density at radius 2 is 1.83 bits per heavy atom. The first-order valence-corrected chi connectivity index (χ1v) is 7.85. The van der Waals surface area contributed by atoms with E-state index in [0.717, 1.165) is 0 Å². The van der Waals surface area contributed by atoms with Crippen LogP contribution in [0.2, 0.25) is 0 Å². The van der Waals surface area contributed by atoms with E-state index in [1.54, 1.807) is 0 Å². The van der Waals surface area contributed by atoms with Crippen molar-refractivity contribution < 1.29 is 8.42 Å². The maximum atomic E-state index is 12.3. The molecule has 0 saturated carbocycles. The number of amidine groups is 1. The largest absolute Gasteiger partial charge is 0.388 e. The maximum Gasteiger partial charge on any atom is 0.214 e. The molecule has 0 saturated heterocycles. The molecule has 0 aromatic rings. The molecule has 108 valence electrons. The molecule has 0 bridgehead atoms. The van der Waals surface area contributed by atoms with Crippen LogP contribution < -0.4 is 5.73 Å². The van der Waals surface area contributed by atoms with Gasteiger partial charge in [0.2, 0.25) is 10.0 Å². The minimum absolute atomic E-state index is 0.0229. The summed E-state index contributed by atoms with van der Waals surface area (Å²) in [5, 5.41) is 7.21. The van der Waals surface area contributed by atoms with E-state index in [1.807, 2.05) is 34.6 Å². The summed E-state index contributed by atoms with van der Waals surface area (Å²) in [6.07, 6.45) is 0.288. The number of nitrogens with two attached hydrogens (primary N) is 1. The molecule has 0 amide bonds. The van der Waals surface area contributed by atoms with Crippen molar-refractivity contribution in [3.63, 3.8) is 0 Å². The van der Waals surface area contributed by atoms with Crippen LogP contribution in [0, 0.1) is 16.7 Å². The molecule has 0 radical (unpaired) electrons. The fraction of sp³-hybridized carbons (Fsp3) is 0.917. The Labute approximate surface area is 111 Å². The Morgan fingerprint density at radius 1 is 1.33 bits per heavy atom. The molecule has 0 fully saturated rings. The van der Waals surface area contributed by atoms with Crippen LogP contribution in [0.1, 0.15) is 41.0 Å². The van der Waals surface area contributed by atoms with Gasteiger partial charge in [-0.1, -0.05) is 34.6 Å². The number of hydrogen-bond acceptors (Lipinski definition) is 3. The van der Waals surface area contributed by atoms with E-state index in [2.05, 4.69) is 0 Å². The summed E-state index contributed by atoms with van der Waals surface area (Å²) < 4.78 is 26.1. The molecular formula is C12H27N3O2S. The van der Waals surface area contributed by atoms with Crippen molar-refractivity contribution in [2.24, 2.45) is 17.1 Å². The molecule has 0 spiro atoms. The van der Waals surface area contributed by atoms with E-state index in [0.29, 0.717) is 13.1 Å². The second-order valence-corrected chi connectivity index (χ2v) is 8.31. The molecule has 3 N–H and O–H groups in total. The van der Waals surface area contributed by atoms with Gasteiger partial charge in [0, 0.05) is 19.5 Å². The van der Waals surface area contributed by atoms with E-state index in [-0.39, 0.29) is 29.3 Å². The second-order valence-electron chi connectivity index (χ2n) is 6.34. The molecule has 0 heterocycles. The lowest BCUT2D eigenvalue weighted by atomic mass is 10.0. The smallest absolute Gasteiger partial charge is 0.214 e. The third-order valence-electron chi connectivity index (χ3n) is 2.21. The van der Waals surface area contributed by atoms with Crippen molar-refractivity contribution in [2.45, 2.75) is 41.0 Å². The fourth-order valence-corrected chi connectivity index (χ4v) is 3.81. The van der Waals surface area contributed by atoms with Gasteiger partial charge in [-0.05, 0) is 11.3 Å². The topological polar surface area (TPSA) is 87.2 Å². The van der Waals surface area contributed by atoms with Gasteiger partial charge in [0.05, 0.1) is 11.6 Å². The van der Waals surface area contributed by atoms with Crippen LogP contribution in [0.3, 0.4) is 0 Å². The van der Waals surface area contributed by atoms with Crippen LogP contribution in [-0.4, -0.2) is 37.4 Å². The van der Waals surface area contributed by atoms with Crippen LogP contribution in [0.15, 0.2) is 0 Å². The highest BCUT2D eigenvalue weighted by Crippen LogP contribution is 2.19. The van der Waals surface area contributed by atoms with Crippen LogP contribution in [0.4, 0.5) is 0 Å². The van der Waals surface area contributed by atoms with E-state index >= 15 is 0 Å². The number of hydrogen-bond donors (Lipinski definition) is 2. The molecule has 0 aliphatic heterocycles. The first-order chi connectivity index (χ1) is 7.94. The lowest BCUT2D eigenvalue weighted by molar-refractivity contribution is 0.360. The van der Waals surface area contributed by atoms with Crippen LogP contribution in [0.5, 0.6) is 0 Å². The van der Waals surface area contributed by atoms with Crippen LogP contribution in [-0.2, 0) is 10.0 Å². The van der Waals surface area contributed by atoms with Crippen molar-refractivity contribution >= 4 is 15.9 Å². The lowest BCUT2D eigenvalue weighted by Gasteiger charge is -2.27. The van der Waals surface area contributed by atoms with Crippen molar-refractivity contribution in [1.82, 2.24) is 4.31 Å². The quantitative estimate of drug-likeness (QED) is 0.548. The molecule has 0 aromatic heterocycles. The molecule has 18 heavy (non-hydrogen) atoms. The summed E-state index contributed by atoms with van der Waals surface area (Å²) in [5.74, 6) is 0.395. The number of rotatable bonds is 7. The molecule has 0 atom stereocenters. The van der Waals surface area contributed by atoms with Gasteiger partial charge in [-0.25, -0.2) is 12.7 Å². The van der Waals surface area contributed by atoms with Crippen molar-refractivity contribution in [2.75, 3.05) is 18.8 Å². The molecule has 0 aliphatic carbocycles. The molecular weight excluding hydrogens is 250 g/mol. The summed E-state index contributed by atoms with van der Waals surface area (Å²) in [5.41, 5.74) is 5.03. The SMILES string of the molecule is CC(C)CN(CCC(=N)N)S(=O)(=O)CC(C)(C)C. The Hall–Kier alpha value is -0.620. The Morgan fingerprint density at radius 3 is 2.17 bits per heavy atom. The van der Waals surface area contributed by atoms with Gasteiger partial charge in [-0.2, -0.15) is 0 Å². The zero-order chi connectivity index (χ0) is 14.6. The summed E-state index contributed by atoms with van der Waals surface area (Å²) in [6, 6.07) is 0. The van der Waals surface area contributed by atoms with Gasteiger partial charge in [0.25, 0.3) is 0 Å². The minimum atomic E-state index is -3.29. The third kappa shape index (κ3) is 7.66. The molecule has 0 aliphatic rings. The predicted octanol–water partition coefficient (Wildman–Crippen LogP) is 1.65. The first kappa shape index (κ1) is 17.4. The van der Waals surface area contributed by atoms with Crippen molar-refractivity contribution in [3.8, 4) is 0 Å². The monoisotopic (exact) mass is 277 g/mol. The molecule has 0 rings (SSSR count). The number of sulfonamides is 1. The lowest BCUT2D eigenvalue weighted by Crippen LogP contribution is -2.40. The molecule has 6 heteroatoms. The number of nitrogens with one attached hydrogen (secondary N) is 1.